The SMILES string of the molecule is Cc1sc(NC(=O)CC(C)N)nc1-c1ccc(F)cc1.Cl. The number of carbonyl (C=O) groups excluding carboxylic acids is 1. The number of aryl methyl sites for hydroxylation is 1. The van der Waals surface area contributed by atoms with Crippen molar-refractivity contribution < 1.29 is 9.18 Å². The summed E-state index contributed by atoms with van der Waals surface area (Å²) < 4.78 is 12.9. The quantitative estimate of drug-likeness (QED) is 0.903. The summed E-state index contributed by atoms with van der Waals surface area (Å²) in [6.07, 6.45) is 0.254. The van der Waals surface area contributed by atoms with Crippen LogP contribution in [0.3, 0.4) is 0 Å². The number of aromatic nitrogens is 1. The van der Waals surface area contributed by atoms with E-state index >= 15 is 0 Å². The Kier molecular flexibility index (Phi) is 6.26. The van der Waals surface area contributed by atoms with Gasteiger partial charge in [-0.05, 0) is 38.1 Å². The number of halogens is 2. The number of carbonyl (C=O) groups is 1. The van der Waals surface area contributed by atoms with Crippen LogP contribution >= 0.6 is 23.7 Å². The smallest absolute Gasteiger partial charge is 0.227 e. The molecule has 1 atom stereocenters. The average Bonchev–Trinajstić information content (AvgIpc) is 2.70. The third kappa shape index (κ3) is 4.77. The van der Waals surface area contributed by atoms with Crippen molar-refractivity contribution in [2.24, 2.45) is 5.73 Å². The summed E-state index contributed by atoms with van der Waals surface area (Å²) in [6.45, 7) is 3.69. The molecule has 0 radical (unpaired) electrons. The lowest BCUT2D eigenvalue weighted by molar-refractivity contribution is -0.116. The second-order valence-corrected chi connectivity index (χ2v) is 5.86. The molecule has 4 nitrogen and oxygen atoms in total. The van der Waals surface area contributed by atoms with E-state index in [0.29, 0.717) is 5.13 Å². The number of nitrogens with one attached hydrogen (secondary N) is 1. The number of hydrogen-bond acceptors (Lipinski definition) is 4. The minimum atomic E-state index is -0.285. The number of anilines is 1. The normalized spacial score (nSPS) is 11.6. The van der Waals surface area contributed by atoms with Gasteiger partial charge in [-0.3, -0.25) is 4.79 Å². The van der Waals surface area contributed by atoms with Gasteiger partial charge in [-0.2, -0.15) is 0 Å². The molecular formula is C14H17ClFN3OS. The van der Waals surface area contributed by atoms with E-state index in [-0.39, 0.29) is 36.6 Å². The molecule has 1 aromatic heterocycles. The summed E-state index contributed by atoms with van der Waals surface area (Å²) in [5.41, 5.74) is 7.16. The van der Waals surface area contributed by atoms with Gasteiger partial charge in [0.05, 0.1) is 5.69 Å². The Morgan fingerprint density at radius 1 is 1.43 bits per heavy atom. The van der Waals surface area contributed by atoms with E-state index in [4.69, 9.17) is 5.73 Å². The molecule has 0 bridgehead atoms. The summed E-state index contributed by atoms with van der Waals surface area (Å²) in [4.78, 5) is 17.0. The molecule has 0 aliphatic rings. The van der Waals surface area contributed by atoms with Gasteiger partial charge in [0, 0.05) is 22.9 Å². The molecule has 21 heavy (non-hydrogen) atoms. The molecule has 1 unspecified atom stereocenters. The highest BCUT2D eigenvalue weighted by atomic mass is 35.5. The molecule has 0 spiro atoms. The molecular weight excluding hydrogens is 313 g/mol. The van der Waals surface area contributed by atoms with Crippen LogP contribution in [0.1, 0.15) is 18.2 Å². The van der Waals surface area contributed by atoms with E-state index in [0.717, 1.165) is 16.1 Å². The number of rotatable bonds is 4. The van der Waals surface area contributed by atoms with Crippen LogP contribution in [0.4, 0.5) is 9.52 Å². The number of hydrogen-bond donors (Lipinski definition) is 2. The molecule has 0 fully saturated rings. The van der Waals surface area contributed by atoms with Crippen molar-refractivity contribution in [1.29, 1.82) is 0 Å². The number of nitrogens with zero attached hydrogens (tertiary/aromatic N) is 1. The molecule has 114 valence electrons. The van der Waals surface area contributed by atoms with E-state index in [2.05, 4.69) is 10.3 Å². The van der Waals surface area contributed by atoms with Crippen molar-refractivity contribution in [2.75, 3.05) is 5.32 Å². The summed E-state index contributed by atoms with van der Waals surface area (Å²) in [6, 6.07) is 5.94. The monoisotopic (exact) mass is 329 g/mol. The Morgan fingerprint density at radius 3 is 2.62 bits per heavy atom. The van der Waals surface area contributed by atoms with Crippen molar-refractivity contribution in [1.82, 2.24) is 4.98 Å². The first-order valence-corrected chi connectivity index (χ1v) is 7.06. The molecule has 1 amide bonds. The van der Waals surface area contributed by atoms with Crippen molar-refractivity contribution in [3.05, 3.63) is 35.0 Å². The van der Waals surface area contributed by atoms with E-state index in [1.807, 2.05) is 6.92 Å². The fraction of sp³-hybridized carbons (Fsp3) is 0.286. The van der Waals surface area contributed by atoms with Crippen LogP contribution < -0.4 is 11.1 Å². The molecule has 7 heteroatoms. The zero-order chi connectivity index (χ0) is 14.7. The van der Waals surface area contributed by atoms with E-state index in [1.165, 1.54) is 23.5 Å². The van der Waals surface area contributed by atoms with Gasteiger partial charge in [-0.1, -0.05) is 0 Å². The van der Waals surface area contributed by atoms with Crippen LogP contribution in [0.2, 0.25) is 0 Å². The number of thiazole rings is 1. The Balaban J connectivity index is 0.00000220. The van der Waals surface area contributed by atoms with Crippen molar-refractivity contribution in [3.63, 3.8) is 0 Å². The third-order valence-electron chi connectivity index (χ3n) is 2.67. The third-order valence-corrected chi connectivity index (χ3v) is 3.55. The fourth-order valence-corrected chi connectivity index (χ4v) is 2.64. The highest BCUT2D eigenvalue weighted by Crippen LogP contribution is 2.30. The zero-order valence-electron chi connectivity index (χ0n) is 11.7. The Hall–Kier alpha value is -1.50. The minimum absolute atomic E-state index is 0. The molecule has 2 rings (SSSR count). The topological polar surface area (TPSA) is 68.0 Å². The van der Waals surface area contributed by atoms with Gasteiger partial charge < -0.3 is 11.1 Å². The van der Waals surface area contributed by atoms with Crippen LogP contribution in [-0.4, -0.2) is 16.9 Å². The van der Waals surface area contributed by atoms with E-state index < -0.39 is 0 Å². The zero-order valence-corrected chi connectivity index (χ0v) is 13.4. The fourth-order valence-electron chi connectivity index (χ4n) is 1.79. The standard InChI is InChI=1S/C14H16FN3OS.ClH/c1-8(16)7-12(19)17-14-18-13(9(2)20-14)10-3-5-11(15)6-4-10;/h3-6,8H,7,16H2,1-2H3,(H,17,18,19);1H. The first kappa shape index (κ1) is 17.6. The maximum absolute atomic E-state index is 12.9. The molecule has 0 saturated heterocycles. The van der Waals surface area contributed by atoms with Crippen molar-refractivity contribution >= 4 is 34.8 Å². The van der Waals surface area contributed by atoms with Crippen LogP contribution in [0.5, 0.6) is 0 Å². The van der Waals surface area contributed by atoms with Gasteiger partial charge in [0.25, 0.3) is 0 Å². The van der Waals surface area contributed by atoms with Gasteiger partial charge >= 0.3 is 0 Å². The molecule has 0 saturated carbocycles. The molecule has 1 heterocycles. The maximum Gasteiger partial charge on any atom is 0.227 e. The number of amides is 1. The summed E-state index contributed by atoms with van der Waals surface area (Å²) in [5, 5.41) is 3.26. The van der Waals surface area contributed by atoms with Crippen molar-refractivity contribution in [2.45, 2.75) is 26.3 Å². The lowest BCUT2D eigenvalue weighted by Crippen LogP contribution is -2.23. The van der Waals surface area contributed by atoms with Gasteiger partial charge in [-0.25, -0.2) is 9.37 Å². The maximum atomic E-state index is 12.9. The summed E-state index contributed by atoms with van der Waals surface area (Å²) in [5.74, 6) is -0.438. The van der Waals surface area contributed by atoms with Crippen LogP contribution in [0, 0.1) is 12.7 Å². The Bertz CT molecular complexity index is 613. The summed E-state index contributed by atoms with van der Waals surface area (Å²) >= 11 is 1.39. The van der Waals surface area contributed by atoms with Gasteiger partial charge in [0.2, 0.25) is 5.91 Å². The Labute approximate surface area is 133 Å². The molecule has 3 N–H and O–H groups in total. The van der Waals surface area contributed by atoms with Gasteiger partial charge in [0.1, 0.15) is 5.82 Å². The largest absolute Gasteiger partial charge is 0.327 e. The highest BCUT2D eigenvalue weighted by molar-refractivity contribution is 7.16. The molecule has 0 aliphatic heterocycles. The lowest BCUT2D eigenvalue weighted by Gasteiger charge is -2.03. The molecule has 0 aliphatic carbocycles. The van der Waals surface area contributed by atoms with Gasteiger partial charge in [-0.15, -0.1) is 23.7 Å². The first-order valence-electron chi connectivity index (χ1n) is 6.24. The second-order valence-electron chi connectivity index (χ2n) is 4.66. The Morgan fingerprint density at radius 2 is 2.05 bits per heavy atom. The lowest BCUT2D eigenvalue weighted by atomic mass is 10.1. The second kappa shape index (κ2) is 7.49. The van der Waals surface area contributed by atoms with Crippen LogP contribution in [0.25, 0.3) is 11.3 Å². The molecule has 1 aromatic carbocycles. The number of nitrogens with two attached hydrogens (primary N) is 1. The van der Waals surface area contributed by atoms with Crippen molar-refractivity contribution in [3.8, 4) is 11.3 Å². The molecule has 2 aromatic rings. The van der Waals surface area contributed by atoms with E-state index in [1.54, 1.807) is 19.1 Å². The average molecular weight is 330 g/mol. The highest BCUT2D eigenvalue weighted by Gasteiger charge is 2.12. The predicted octanol–water partition coefficient (Wildman–Crippen LogP) is 3.36. The van der Waals surface area contributed by atoms with Crippen LogP contribution in [0.15, 0.2) is 24.3 Å². The number of benzene rings is 1. The van der Waals surface area contributed by atoms with E-state index in [9.17, 15) is 9.18 Å². The summed E-state index contributed by atoms with van der Waals surface area (Å²) in [7, 11) is 0. The minimum Gasteiger partial charge on any atom is -0.327 e. The first-order chi connectivity index (χ1) is 9.45. The van der Waals surface area contributed by atoms with Gasteiger partial charge in [0.15, 0.2) is 5.13 Å². The predicted molar refractivity (Wildman–Crippen MR) is 86.4 cm³/mol. The van der Waals surface area contributed by atoms with Crippen LogP contribution in [-0.2, 0) is 4.79 Å².